The van der Waals surface area contributed by atoms with Crippen molar-refractivity contribution in [1.29, 1.82) is 0 Å². The van der Waals surface area contributed by atoms with E-state index in [0.717, 1.165) is 30.0 Å². The molecule has 1 aliphatic heterocycles. The monoisotopic (exact) mass is 231 g/mol. The normalized spacial score (nSPS) is 20.2. The Labute approximate surface area is 100 Å². The van der Waals surface area contributed by atoms with Gasteiger partial charge in [-0.1, -0.05) is 0 Å². The van der Waals surface area contributed by atoms with Gasteiger partial charge in [-0.3, -0.25) is 4.40 Å². The molecule has 1 atom stereocenters. The molecule has 0 saturated carbocycles. The molecule has 5 heteroatoms. The number of fused-ring (bicyclic) bond motifs is 1. The van der Waals surface area contributed by atoms with Crippen LogP contribution in [0.15, 0.2) is 18.3 Å². The van der Waals surface area contributed by atoms with E-state index in [1.165, 1.54) is 12.8 Å². The van der Waals surface area contributed by atoms with Crippen LogP contribution in [-0.4, -0.2) is 27.2 Å². The minimum absolute atomic E-state index is 0.545. The molecular weight excluding hydrogens is 214 g/mol. The fourth-order valence-electron chi connectivity index (χ4n) is 2.40. The Morgan fingerprint density at radius 3 is 3.18 bits per heavy atom. The molecule has 1 aliphatic rings. The third-order valence-corrected chi connectivity index (χ3v) is 3.37. The number of nitrogens with zero attached hydrogens (tertiary/aromatic N) is 3. The first-order valence-electron chi connectivity index (χ1n) is 6.13. The second-order valence-corrected chi connectivity index (χ2v) is 4.58. The lowest BCUT2D eigenvalue weighted by atomic mass is 10.1. The third kappa shape index (κ3) is 2.03. The van der Waals surface area contributed by atoms with Gasteiger partial charge in [0.1, 0.15) is 5.82 Å². The first-order chi connectivity index (χ1) is 8.36. The van der Waals surface area contributed by atoms with Crippen molar-refractivity contribution >= 4 is 5.65 Å². The maximum absolute atomic E-state index is 5.61. The molecule has 1 fully saturated rings. The maximum atomic E-state index is 5.61. The lowest BCUT2D eigenvalue weighted by Gasteiger charge is -2.08. The Bertz CT molecular complexity index is 513. The van der Waals surface area contributed by atoms with Crippen LogP contribution in [0, 0.1) is 0 Å². The van der Waals surface area contributed by atoms with Crippen LogP contribution in [0.2, 0.25) is 0 Å². The maximum Gasteiger partial charge on any atom is 0.161 e. The second-order valence-electron chi connectivity index (χ2n) is 4.58. The smallest absolute Gasteiger partial charge is 0.161 e. The average molecular weight is 231 g/mol. The fourth-order valence-corrected chi connectivity index (χ4v) is 2.40. The van der Waals surface area contributed by atoms with Gasteiger partial charge in [-0.2, -0.15) is 0 Å². The Kier molecular flexibility index (Phi) is 2.78. The highest BCUT2D eigenvalue weighted by molar-refractivity contribution is 5.41. The summed E-state index contributed by atoms with van der Waals surface area (Å²) in [6.07, 6.45) is 5.46. The van der Waals surface area contributed by atoms with E-state index in [-0.39, 0.29) is 0 Å². The quantitative estimate of drug-likeness (QED) is 0.806. The van der Waals surface area contributed by atoms with Crippen LogP contribution in [0.1, 0.15) is 24.2 Å². The van der Waals surface area contributed by atoms with E-state index in [9.17, 15) is 0 Å². The van der Waals surface area contributed by atoms with Gasteiger partial charge in [-0.25, -0.2) is 0 Å². The molecule has 0 aromatic carbocycles. The highest BCUT2D eigenvalue weighted by Crippen LogP contribution is 2.13. The molecule has 0 bridgehead atoms. The second kappa shape index (κ2) is 4.43. The largest absolute Gasteiger partial charge is 0.326 e. The Morgan fingerprint density at radius 1 is 1.47 bits per heavy atom. The molecule has 1 unspecified atom stereocenters. The summed E-state index contributed by atoms with van der Waals surface area (Å²) in [5.41, 5.74) is 7.60. The minimum Gasteiger partial charge on any atom is -0.326 e. The number of aromatic nitrogens is 3. The third-order valence-electron chi connectivity index (χ3n) is 3.37. The van der Waals surface area contributed by atoms with Gasteiger partial charge in [0, 0.05) is 25.2 Å². The summed E-state index contributed by atoms with van der Waals surface area (Å²) in [5, 5.41) is 11.9. The molecule has 5 nitrogen and oxygen atoms in total. The van der Waals surface area contributed by atoms with Crippen LogP contribution < -0.4 is 11.1 Å². The molecule has 2 aromatic heterocycles. The van der Waals surface area contributed by atoms with Crippen LogP contribution in [0.25, 0.3) is 5.65 Å². The predicted molar refractivity (Wildman–Crippen MR) is 65.6 cm³/mol. The Balaban J connectivity index is 1.89. The van der Waals surface area contributed by atoms with E-state index in [4.69, 9.17) is 5.73 Å². The molecule has 90 valence electrons. The van der Waals surface area contributed by atoms with E-state index in [1.807, 2.05) is 18.3 Å². The van der Waals surface area contributed by atoms with Crippen LogP contribution in [0.3, 0.4) is 0 Å². The van der Waals surface area contributed by atoms with Gasteiger partial charge < -0.3 is 11.1 Å². The van der Waals surface area contributed by atoms with Gasteiger partial charge in [0.25, 0.3) is 0 Å². The molecule has 0 spiro atoms. The van der Waals surface area contributed by atoms with E-state index >= 15 is 0 Å². The lowest BCUT2D eigenvalue weighted by Crippen LogP contribution is -2.24. The van der Waals surface area contributed by atoms with Gasteiger partial charge in [-0.05, 0) is 37.1 Å². The van der Waals surface area contributed by atoms with Crippen molar-refractivity contribution in [3.63, 3.8) is 0 Å². The van der Waals surface area contributed by atoms with E-state index in [2.05, 4.69) is 19.9 Å². The van der Waals surface area contributed by atoms with Crippen molar-refractivity contribution < 1.29 is 0 Å². The number of pyridine rings is 1. The average Bonchev–Trinajstić information content (AvgIpc) is 2.99. The number of nitrogens with two attached hydrogens (primary N) is 1. The molecule has 0 aliphatic carbocycles. The van der Waals surface area contributed by atoms with E-state index in [0.29, 0.717) is 12.6 Å². The molecule has 3 N–H and O–H groups in total. The zero-order chi connectivity index (χ0) is 11.7. The zero-order valence-electron chi connectivity index (χ0n) is 9.76. The van der Waals surface area contributed by atoms with Gasteiger partial charge in [0.15, 0.2) is 5.65 Å². The van der Waals surface area contributed by atoms with Gasteiger partial charge in [0.05, 0.1) is 0 Å². The van der Waals surface area contributed by atoms with Crippen molar-refractivity contribution in [2.24, 2.45) is 5.73 Å². The fraction of sp³-hybridized carbons (Fsp3) is 0.500. The van der Waals surface area contributed by atoms with Crippen LogP contribution in [0.5, 0.6) is 0 Å². The SMILES string of the molecule is NCc1ccn2c(CC3CCCN3)nnc2c1. The summed E-state index contributed by atoms with van der Waals surface area (Å²) in [5.74, 6) is 1.03. The van der Waals surface area contributed by atoms with Crippen molar-refractivity contribution in [3.05, 3.63) is 29.7 Å². The predicted octanol–water partition coefficient (Wildman–Crippen LogP) is 0.482. The molecular formula is C12H17N5. The summed E-state index contributed by atoms with van der Waals surface area (Å²) in [6, 6.07) is 4.58. The van der Waals surface area contributed by atoms with Gasteiger partial charge >= 0.3 is 0 Å². The lowest BCUT2D eigenvalue weighted by molar-refractivity contribution is 0.582. The molecule has 2 aromatic rings. The summed E-state index contributed by atoms with van der Waals surface area (Å²) in [6.45, 7) is 1.67. The highest BCUT2D eigenvalue weighted by atomic mass is 15.2. The Hall–Kier alpha value is -1.46. The topological polar surface area (TPSA) is 68.2 Å². The molecule has 1 saturated heterocycles. The minimum atomic E-state index is 0.545. The molecule has 0 amide bonds. The van der Waals surface area contributed by atoms with Crippen LogP contribution >= 0.6 is 0 Å². The summed E-state index contributed by atoms with van der Waals surface area (Å²) < 4.78 is 2.05. The van der Waals surface area contributed by atoms with Crippen molar-refractivity contribution in [2.75, 3.05) is 6.54 Å². The summed E-state index contributed by atoms with van der Waals surface area (Å²) in [7, 11) is 0. The van der Waals surface area contributed by atoms with Crippen molar-refractivity contribution in [3.8, 4) is 0 Å². The summed E-state index contributed by atoms with van der Waals surface area (Å²) >= 11 is 0. The molecule has 3 heterocycles. The number of nitrogens with one attached hydrogen (secondary N) is 1. The number of hydrogen-bond acceptors (Lipinski definition) is 4. The van der Waals surface area contributed by atoms with E-state index in [1.54, 1.807) is 0 Å². The first kappa shape index (κ1) is 10.7. The Morgan fingerprint density at radius 2 is 2.41 bits per heavy atom. The molecule has 3 rings (SSSR count). The number of rotatable bonds is 3. The highest BCUT2D eigenvalue weighted by Gasteiger charge is 2.17. The van der Waals surface area contributed by atoms with Gasteiger partial charge in [0.2, 0.25) is 0 Å². The zero-order valence-corrected chi connectivity index (χ0v) is 9.76. The van der Waals surface area contributed by atoms with Gasteiger partial charge in [-0.15, -0.1) is 10.2 Å². The first-order valence-corrected chi connectivity index (χ1v) is 6.13. The van der Waals surface area contributed by atoms with Crippen LogP contribution in [-0.2, 0) is 13.0 Å². The number of hydrogen-bond donors (Lipinski definition) is 2. The van der Waals surface area contributed by atoms with Crippen LogP contribution in [0.4, 0.5) is 0 Å². The standard InChI is InChI=1S/C12H17N5/c13-8-9-3-5-17-11(6-9)15-16-12(17)7-10-2-1-4-14-10/h3,5-6,10,14H,1-2,4,7-8,13H2. The molecule has 0 radical (unpaired) electrons. The van der Waals surface area contributed by atoms with Crippen molar-refractivity contribution in [2.45, 2.75) is 31.8 Å². The van der Waals surface area contributed by atoms with E-state index < -0.39 is 0 Å². The molecule has 17 heavy (non-hydrogen) atoms. The summed E-state index contributed by atoms with van der Waals surface area (Å²) in [4.78, 5) is 0. The van der Waals surface area contributed by atoms with Crippen molar-refractivity contribution in [1.82, 2.24) is 19.9 Å².